The Balaban J connectivity index is 1.65. The van der Waals surface area contributed by atoms with Gasteiger partial charge in [-0.25, -0.2) is 4.98 Å². The molecule has 1 unspecified atom stereocenters. The zero-order chi connectivity index (χ0) is 26.8. The van der Waals surface area contributed by atoms with Crippen molar-refractivity contribution < 1.29 is 24.2 Å². The van der Waals surface area contributed by atoms with Crippen molar-refractivity contribution in [2.75, 3.05) is 18.1 Å². The van der Waals surface area contributed by atoms with E-state index in [9.17, 15) is 14.7 Å². The van der Waals surface area contributed by atoms with Crippen molar-refractivity contribution in [2.24, 2.45) is 0 Å². The second-order valence-electron chi connectivity index (χ2n) is 9.02. The minimum absolute atomic E-state index is 0.0146. The van der Waals surface area contributed by atoms with Crippen LogP contribution >= 0.6 is 11.3 Å². The molecule has 1 atom stereocenters. The van der Waals surface area contributed by atoms with Crippen LogP contribution in [0.15, 0.2) is 72.3 Å². The fourth-order valence-corrected chi connectivity index (χ4v) is 5.48. The van der Waals surface area contributed by atoms with Gasteiger partial charge in [-0.2, -0.15) is 0 Å². The molecule has 0 saturated carbocycles. The maximum absolute atomic E-state index is 13.5. The van der Waals surface area contributed by atoms with Gasteiger partial charge in [0.25, 0.3) is 5.78 Å². The standard InChI is InChI=1S/C30H28N2O5S/c1-4-15-37-21-8-6-7-20(16-21)27(33)25-26(19-11-9-18(3)10-12-19)32(29(35)28(25)34)30-31-23-14-13-22(36-5-2)17-24(23)38-30/h6-14,16-17,26,33H,4-5,15H2,1-3H3/b27-25+. The molecule has 4 aromatic rings. The first-order valence-electron chi connectivity index (χ1n) is 12.6. The van der Waals surface area contributed by atoms with E-state index in [4.69, 9.17) is 9.47 Å². The van der Waals surface area contributed by atoms with E-state index in [1.54, 1.807) is 24.3 Å². The molecule has 1 N–H and O–H groups in total. The van der Waals surface area contributed by atoms with Crippen molar-refractivity contribution in [3.63, 3.8) is 0 Å². The number of hydrogen-bond donors (Lipinski definition) is 1. The molecule has 1 saturated heterocycles. The molecule has 1 aliphatic heterocycles. The first kappa shape index (κ1) is 25.5. The maximum atomic E-state index is 13.5. The number of fused-ring (bicyclic) bond motifs is 1. The van der Waals surface area contributed by atoms with Gasteiger partial charge in [0.15, 0.2) is 5.13 Å². The molecule has 0 spiro atoms. The van der Waals surface area contributed by atoms with E-state index < -0.39 is 17.7 Å². The van der Waals surface area contributed by atoms with Crippen molar-refractivity contribution in [1.29, 1.82) is 0 Å². The number of nitrogens with zero attached hydrogens (tertiary/aromatic N) is 2. The van der Waals surface area contributed by atoms with Gasteiger partial charge in [-0.05, 0) is 56.2 Å². The molecule has 38 heavy (non-hydrogen) atoms. The van der Waals surface area contributed by atoms with Crippen LogP contribution in [0.1, 0.15) is 43.0 Å². The van der Waals surface area contributed by atoms with Gasteiger partial charge in [-0.1, -0.05) is 60.2 Å². The first-order chi connectivity index (χ1) is 18.4. The summed E-state index contributed by atoms with van der Waals surface area (Å²) in [6.45, 7) is 6.94. The third-order valence-electron chi connectivity index (χ3n) is 6.28. The van der Waals surface area contributed by atoms with Gasteiger partial charge >= 0.3 is 5.91 Å². The number of carbonyl (C=O) groups excluding carboxylic acids is 2. The zero-order valence-corrected chi connectivity index (χ0v) is 22.2. The van der Waals surface area contributed by atoms with Gasteiger partial charge in [-0.3, -0.25) is 14.5 Å². The molecule has 0 bridgehead atoms. The lowest BCUT2D eigenvalue weighted by Crippen LogP contribution is -2.29. The van der Waals surface area contributed by atoms with E-state index >= 15 is 0 Å². The van der Waals surface area contributed by atoms with Gasteiger partial charge in [0, 0.05) is 5.56 Å². The molecule has 5 rings (SSSR count). The number of carbonyl (C=O) groups is 2. The van der Waals surface area contributed by atoms with Crippen LogP contribution in [0.3, 0.4) is 0 Å². The highest BCUT2D eigenvalue weighted by molar-refractivity contribution is 7.22. The van der Waals surface area contributed by atoms with Crippen molar-refractivity contribution in [3.8, 4) is 11.5 Å². The number of rotatable bonds is 8. The van der Waals surface area contributed by atoms with Crippen LogP contribution in [0.25, 0.3) is 16.0 Å². The number of aromatic nitrogens is 1. The smallest absolute Gasteiger partial charge is 0.301 e. The minimum atomic E-state index is -0.845. The average molecular weight is 529 g/mol. The van der Waals surface area contributed by atoms with E-state index in [2.05, 4.69) is 4.98 Å². The highest BCUT2D eigenvalue weighted by atomic mass is 32.1. The summed E-state index contributed by atoms with van der Waals surface area (Å²) in [5.41, 5.74) is 2.85. The molecule has 194 valence electrons. The van der Waals surface area contributed by atoms with E-state index in [1.165, 1.54) is 16.2 Å². The van der Waals surface area contributed by atoms with E-state index in [0.29, 0.717) is 46.5 Å². The van der Waals surface area contributed by atoms with Crippen molar-refractivity contribution >= 4 is 44.1 Å². The fraction of sp³-hybridized carbons (Fsp3) is 0.233. The predicted octanol–water partition coefficient (Wildman–Crippen LogP) is 6.42. The highest BCUT2D eigenvalue weighted by Gasteiger charge is 2.48. The van der Waals surface area contributed by atoms with Crippen molar-refractivity contribution in [1.82, 2.24) is 4.98 Å². The number of anilines is 1. The van der Waals surface area contributed by atoms with Gasteiger partial charge in [-0.15, -0.1) is 0 Å². The Bertz CT molecular complexity index is 1540. The summed E-state index contributed by atoms with van der Waals surface area (Å²) in [6.07, 6.45) is 0.836. The van der Waals surface area contributed by atoms with Crippen molar-refractivity contribution in [3.05, 3.63) is 89.0 Å². The molecule has 2 heterocycles. The molecule has 0 radical (unpaired) electrons. The summed E-state index contributed by atoms with van der Waals surface area (Å²) < 4.78 is 12.2. The largest absolute Gasteiger partial charge is 0.507 e. The summed E-state index contributed by atoms with van der Waals surface area (Å²) in [5, 5.41) is 11.8. The third-order valence-corrected chi connectivity index (χ3v) is 7.30. The van der Waals surface area contributed by atoms with Crippen LogP contribution in [-0.4, -0.2) is 35.0 Å². The molecule has 1 aromatic heterocycles. The maximum Gasteiger partial charge on any atom is 0.301 e. The number of Topliss-reactive ketones (excluding diaryl/α,β-unsaturated/α-hetero) is 1. The molecule has 0 aliphatic carbocycles. The number of aliphatic hydroxyl groups excluding tert-OH is 1. The number of ether oxygens (including phenoxy) is 2. The van der Waals surface area contributed by atoms with Gasteiger partial charge in [0.05, 0.1) is 35.0 Å². The van der Waals surface area contributed by atoms with Gasteiger partial charge < -0.3 is 14.6 Å². The second-order valence-corrected chi connectivity index (χ2v) is 10.0. The Labute approximate surface area is 225 Å². The van der Waals surface area contributed by atoms with Crippen LogP contribution in [0, 0.1) is 6.92 Å². The Kier molecular flexibility index (Phi) is 7.15. The van der Waals surface area contributed by atoms with Crippen LogP contribution in [-0.2, 0) is 9.59 Å². The predicted molar refractivity (Wildman–Crippen MR) is 149 cm³/mol. The fourth-order valence-electron chi connectivity index (χ4n) is 4.45. The molecule has 1 amide bonds. The summed E-state index contributed by atoms with van der Waals surface area (Å²) >= 11 is 1.30. The third kappa shape index (κ3) is 4.75. The summed E-state index contributed by atoms with van der Waals surface area (Å²) in [5.74, 6) is -0.467. The topological polar surface area (TPSA) is 89.0 Å². The number of amides is 1. The number of aliphatic hydroxyl groups is 1. The Morgan fingerprint density at radius 2 is 1.76 bits per heavy atom. The van der Waals surface area contributed by atoms with E-state index in [0.717, 1.165) is 16.7 Å². The summed E-state index contributed by atoms with van der Waals surface area (Å²) in [4.78, 5) is 33.1. The molecule has 8 heteroatoms. The lowest BCUT2D eigenvalue weighted by atomic mass is 9.95. The van der Waals surface area contributed by atoms with Crippen LogP contribution in [0.5, 0.6) is 11.5 Å². The number of thiazole rings is 1. The number of ketones is 1. The second kappa shape index (κ2) is 10.7. The lowest BCUT2D eigenvalue weighted by molar-refractivity contribution is -0.132. The first-order valence-corrected chi connectivity index (χ1v) is 13.4. The number of benzene rings is 3. The van der Waals surface area contributed by atoms with Gasteiger partial charge in [0.2, 0.25) is 0 Å². The highest BCUT2D eigenvalue weighted by Crippen LogP contribution is 2.44. The van der Waals surface area contributed by atoms with Crippen molar-refractivity contribution in [2.45, 2.75) is 33.2 Å². The monoisotopic (exact) mass is 528 g/mol. The Morgan fingerprint density at radius 3 is 2.50 bits per heavy atom. The van der Waals surface area contributed by atoms with E-state index in [1.807, 2.05) is 63.2 Å². The Morgan fingerprint density at radius 1 is 1.00 bits per heavy atom. The number of hydrogen-bond acceptors (Lipinski definition) is 7. The summed E-state index contributed by atoms with van der Waals surface area (Å²) in [6, 6.07) is 19.2. The van der Waals surface area contributed by atoms with Gasteiger partial charge in [0.1, 0.15) is 17.3 Å². The minimum Gasteiger partial charge on any atom is -0.507 e. The summed E-state index contributed by atoms with van der Waals surface area (Å²) in [7, 11) is 0. The quantitative estimate of drug-likeness (QED) is 0.161. The van der Waals surface area contributed by atoms with E-state index in [-0.39, 0.29) is 11.3 Å². The number of aryl methyl sites for hydroxylation is 1. The zero-order valence-electron chi connectivity index (χ0n) is 21.4. The molecule has 1 aliphatic rings. The molecular weight excluding hydrogens is 500 g/mol. The molecule has 3 aromatic carbocycles. The van der Waals surface area contributed by atoms with Crippen LogP contribution < -0.4 is 14.4 Å². The average Bonchev–Trinajstić information content (AvgIpc) is 3.45. The Hall–Kier alpha value is -4.17. The molecule has 7 nitrogen and oxygen atoms in total. The molecular formula is C30H28N2O5S. The SMILES string of the molecule is CCCOc1cccc(/C(O)=C2\C(=O)C(=O)N(c3nc4ccc(OCC)cc4s3)C2c2ccc(C)cc2)c1. The molecule has 1 fully saturated rings. The normalized spacial score (nSPS) is 16.8. The van der Waals surface area contributed by atoms with Crippen LogP contribution in [0.4, 0.5) is 5.13 Å². The van der Waals surface area contributed by atoms with Crippen LogP contribution in [0.2, 0.25) is 0 Å². The lowest BCUT2D eigenvalue weighted by Gasteiger charge is -2.23.